The van der Waals surface area contributed by atoms with Crippen LogP contribution >= 0.6 is 0 Å². The Labute approximate surface area is 72.9 Å². The Balaban J connectivity index is 2.40. The largest absolute Gasteiger partial charge is 0.365 e. The lowest BCUT2D eigenvalue weighted by Gasteiger charge is -2.28. The molecule has 1 fully saturated rings. The molecule has 12 heavy (non-hydrogen) atoms. The van der Waals surface area contributed by atoms with Crippen LogP contribution in [0.5, 0.6) is 0 Å². The van der Waals surface area contributed by atoms with Crippen LogP contribution < -0.4 is 5.32 Å². The molecule has 1 aliphatic heterocycles. The van der Waals surface area contributed by atoms with Crippen LogP contribution in [0.4, 0.5) is 0 Å². The van der Waals surface area contributed by atoms with Gasteiger partial charge in [-0.15, -0.1) is 0 Å². The lowest BCUT2D eigenvalue weighted by atomic mass is 10.2. The molecule has 0 aromatic rings. The molecular weight excluding hydrogens is 156 g/mol. The summed E-state index contributed by atoms with van der Waals surface area (Å²) < 4.78 is 5.36. The molecule has 0 aromatic heterocycles. The van der Waals surface area contributed by atoms with E-state index in [9.17, 15) is 4.79 Å². The fraction of sp³-hybridized carbons (Fsp3) is 0.875. The van der Waals surface area contributed by atoms with Gasteiger partial charge in [-0.3, -0.25) is 4.79 Å². The average molecular weight is 172 g/mol. The number of amides is 1. The summed E-state index contributed by atoms with van der Waals surface area (Å²) in [5, 5.41) is 2.84. The van der Waals surface area contributed by atoms with Crippen LogP contribution in [0.2, 0.25) is 0 Å². The average Bonchev–Trinajstić information content (AvgIpc) is 1.94. The van der Waals surface area contributed by atoms with Crippen molar-refractivity contribution in [3.8, 4) is 0 Å². The van der Waals surface area contributed by atoms with Gasteiger partial charge in [-0.05, 0) is 21.0 Å². The highest BCUT2D eigenvalue weighted by Crippen LogP contribution is 2.02. The van der Waals surface area contributed by atoms with Crippen LogP contribution in [0.25, 0.3) is 0 Å². The number of carbonyl (C=O) groups excluding carboxylic acids is 1. The Morgan fingerprint density at radius 1 is 1.67 bits per heavy atom. The van der Waals surface area contributed by atoms with Crippen molar-refractivity contribution in [1.82, 2.24) is 10.2 Å². The van der Waals surface area contributed by atoms with E-state index in [0.717, 1.165) is 0 Å². The Morgan fingerprint density at radius 3 is 2.83 bits per heavy atom. The number of hydrogen-bond acceptors (Lipinski definition) is 3. The van der Waals surface area contributed by atoms with E-state index in [1.165, 1.54) is 0 Å². The molecule has 70 valence electrons. The standard InChI is InChI=1S/C8H16N2O2/c1-6-5-12-7(4-10(2)3)8(11)9-6/h6-7H,4-5H2,1-3H3,(H,9,11)/t6?,7-/m1/s1. The van der Waals surface area contributed by atoms with E-state index in [4.69, 9.17) is 4.74 Å². The van der Waals surface area contributed by atoms with E-state index in [1.807, 2.05) is 25.9 Å². The molecule has 4 nitrogen and oxygen atoms in total. The monoisotopic (exact) mass is 172 g/mol. The second-order valence-corrected chi connectivity index (χ2v) is 3.49. The van der Waals surface area contributed by atoms with E-state index in [-0.39, 0.29) is 18.1 Å². The highest BCUT2D eigenvalue weighted by atomic mass is 16.5. The third-order valence-electron chi connectivity index (χ3n) is 1.76. The molecule has 0 aromatic carbocycles. The van der Waals surface area contributed by atoms with Crippen molar-refractivity contribution in [2.45, 2.75) is 19.1 Å². The van der Waals surface area contributed by atoms with Crippen molar-refractivity contribution in [3.63, 3.8) is 0 Å². The van der Waals surface area contributed by atoms with Crippen molar-refractivity contribution < 1.29 is 9.53 Å². The summed E-state index contributed by atoms with van der Waals surface area (Å²) in [6.07, 6.45) is -0.295. The number of rotatable bonds is 2. The van der Waals surface area contributed by atoms with Gasteiger partial charge in [-0.1, -0.05) is 0 Å². The number of hydrogen-bond donors (Lipinski definition) is 1. The summed E-state index contributed by atoms with van der Waals surface area (Å²) >= 11 is 0. The van der Waals surface area contributed by atoms with Gasteiger partial charge in [0.25, 0.3) is 5.91 Å². The minimum Gasteiger partial charge on any atom is -0.365 e. The molecule has 1 N–H and O–H groups in total. The van der Waals surface area contributed by atoms with Crippen molar-refractivity contribution in [1.29, 1.82) is 0 Å². The topological polar surface area (TPSA) is 41.6 Å². The Bertz CT molecular complexity index is 170. The lowest BCUT2D eigenvalue weighted by Crippen LogP contribution is -2.52. The van der Waals surface area contributed by atoms with Gasteiger partial charge in [0.2, 0.25) is 0 Å². The zero-order chi connectivity index (χ0) is 9.14. The number of nitrogens with zero attached hydrogens (tertiary/aromatic N) is 1. The maximum absolute atomic E-state index is 11.3. The molecule has 1 unspecified atom stereocenters. The molecule has 4 heteroatoms. The molecule has 1 aliphatic rings. The SMILES string of the molecule is CC1CO[C@H](CN(C)C)C(=O)N1. The van der Waals surface area contributed by atoms with E-state index in [2.05, 4.69) is 5.32 Å². The first-order valence-corrected chi connectivity index (χ1v) is 4.16. The number of ether oxygens (including phenoxy) is 1. The van der Waals surface area contributed by atoms with Gasteiger partial charge in [0.05, 0.1) is 6.61 Å². The predicted octanol–water partition coefficient (Wildman–Crippen LogP) is -0.548. The van der Waals surface area contributed by atoms with Gasteiger partial charge >= 0.3 is 0 Å². The summed E-state index contributed by atoms with van der Waals surface area (Å²) in [6, 6.07) is 0.149. The van der Waals surface area contributed by atoms with Crippen molar-refractivity contribution in [3.05, 3.63) is 0 Å². The van der Waals surface area contributed by atoms with Crippen molar-refractivity contribution >= 4 is 5.91 Å². The number of morpholine rings is 1. The second kappa shape index (κ2) is 3.87. The fourth-order valence-electron chi connectivity index (χ4n) is 1.18. The Morgan fingerprint density at radius 2 is 2.33 bits per heavy atom. The van der Waals surface area contributed by atoms with E-state index >= 15 is 0 Å². The molecule has 1 heterocycles. The zero-order valence-corrected chi connectivity index (χ0v) is 7.83. The van der Waals surface area contributed by atoms with Gasteiger partial charge in [0, 0.05) is 12.6 Å². The highest BCUT2D eigenvalue weighted by Gasteiger charge is 2.26. The molecule has 1 saturated heterocycles. The van der Waals surface area contributed by atoms with E-state index < -0.39 is 0 Å². The second-order valence-electron chi connectivity index (χ2n) is 3.49. The van der Waals surface area contributed by atoms with Gasteiger partial charge in [0.15, 0.2) is 0 Å². The van der Waals surface area contributed by atoms with Crippen LogP contribution in [0.3, 0.4) is 0 Å². The summed E-state index contributed by atoms with van der Waals surface area (Å²) in [4.78, 5) is 13.2. The maximum Gasteiger partial charge on any atom is 0.250 e. The van der Waals surface area contributed by atoms with Crippen molar-refractivity contribution in [2.75, 3.05) is 27.2 Å². The third-order valence-corrected chi connectivity index (χ3v) is 1.76. The normalized spacial score (nSPS) is 30.5. The smallest absolute Gasteiger partial charge is 0.250 e. The third kappa shape index (κ3) is 2.46. The molecule has 0 spiro atoms. The number of likely N-dealkylation sites (N-methyl/N-ethyl adjacent to an activating group) is 1. The number of nitrogens with one attached hydrogen (secondary N) is 1. The molecule has 1 rings (SSSR count). The first kappa shape index (κ1) is 9.48. The minimum atomic E-state index is -0.295. The molecule has 0 saturated carbocycles. The molecule has 1 amide bonds. The highest BCUT2D eigenvalue weighted by molar-refractivity contribution is 5.81. The van der Waals surface area contributed by atoms with Crippen LogP contribution in [-0.2, 0) is 9.53 Å². The quantitative estimate of drug-likeness (QED) is 0.607. The van der Waals surface area contributed by atoms with Gasteiger partial charge in [0.1, 0.15) is 6.10 Å². The predicted molar refractivity (Wildman–Crippen MR) is 45.9 cm³/mol. The van der Waals surface area contributed by atoms with Gasteiger partial charge in [-0.25, -0.2) is 0 Å². The van der Waals surface area contributed by atoms with Gasteiger partial charge in [-0.2, -0.15) is 0 Å². The first-order valence-electron chi connectivity index (χ1n) is 4.16. The molecule has 0 aliphatic carbocycles. The minimum absolute atomic E-state index is 0.00227. The van der Waals surface area contributed by atoms with E-state index in [0.29, 0.717) is 13.2 Å². The summed E-state index contributed by atoms with van der Waals surface area (Å²) in [6.45, 7) is 3.20. The van der Waals surface area contributed by atoms with Crippen molar-refractivity contribution in [2.24, 2.45) is 0 Å². The van der Waals surface area contributed by atoms with Crippen LogP contribution in [-0.4, -0.2) is 50.2 Å². The summed E-state index contributed by atoms with van der Waals surface area (Å²) in [5.74, 6) is 0.00227. The molecule has 0 radical (unpaired) electrons. The molecule has 0 bridgehead atoms. The fourth-order valence-corrected chi connectivity index (χ4v) is 1.18. The zero-order valence-electron chi connectivity index (χ0n) is 7.83. The lowest BCUT2D eigenvalue weighted by molar-refractivity contribution is -0.141. The van der Waals surface area contributed by atoms with Gasteiger partial charge < -0.3 is 15.0 Å². The Hall–Kier alpha value is -0.610. The van der Waals surface area contributed by atoms with Crippen LogP contribution in [0.1, 0.15) is 6.92 Å². The maximum atomic E-state index is 11.3. The van der Waals surface area contributed by atoms with Crippen LogP contribution in [0, 0.1) is 0 Å². The summed E-state index contributed by atoms with van der Waals surface area (Å²) in [5.41, 5.74) is 0. The van der Waals surface area contributed by atoms with E-state index in [1.54, 1.807) is 0 Å². The molecular formula is C8H16N2O2. The number of carbonyl (C=O) groups is 1. The Kier molecular flexibility index (Phi) is 3.05. The first-order chi connectivity index (χ1) is 5.59. The van der Waals surface area contributed by atoms with Crippen LogP contribution in [0.15, 0.2) is 0 Å². The molecule has 2 atom stereocenters. The summed E-state index contributed by atoms with van der Waals surface area (Å²) in [7, 11) is 3.85.